The minimum absolute atomic E-state index is 0.294. The topological polar surface area (TPSA) is 29.5 Å². The Morgan fingerprint density at radius 3 is 2.70 bits per heavy atom. The van der Waals surface area contributed by atoms with Gasteiger partial charge >= 0.3 is 0 Å². The average Bonchev–Trinajstić information content (AvgIpc) is 2.48. The van der Waals surface area contributed by atoms with E-state index in [1.54, 1.807) is 0 Å². The molecule has 0 amide bonds. The first-order chi connectivity index (χ1) is 9.79. The van der Waals surface area contributed by atoms with E-state index in [2.05, 4.69) is 13.0 Å². The van der Waals surface area contributed by atoms with Crippen LogP contribution in [0.3, 0.4) is 0 Å². The molecule has 0 heterocycles. The summed E-state index contributed by atoms with van der Waals surface area (Å²) in [6.07, 6.45) is 11.5. The van der Waals surface area contributed by atoms with E-state index in [1.165, 1.54) is 44.1 Å². The van der Waals surface area contributed by atoms with Gasteiger partial charge in [-0.25, -0.2) is 0 Å². The van der Waals surface area contributed by atoms with Gasteiger partial charge in [0.1, 0.15) is 0 Å². The maximum atomic E-state index is 10.0. The standard InChI is InChI=1S/C18H28O2/c1-2-3-13-20-18-12-11-16(14-17(18)19)10-9-15-7-5-4-6-8-15/h11-12,14-15,19H,2-10,13H2,1H3. The summed E-state index contributed by atoms with van der Waals surface area (Å²) in [7, 11) is 0. The van der Waals surface area contributed by atoms with Gasteiger partial charge in [0.15, 0.2) is 11.5 Å². The van der Waals surface area contributed by atoms with E-state index in [1.807, 2.05) is 12.1 Å². The third kappa shape index (κ3) is 4.73. The molecule has 0 unspecified atom stereocenters. The minimum atomic E-state index is 0.294. The van der Waals surface area contributed by atoms with E-state index in [0.29, 0.717) is 18.1 Å². The molecule has 1 aromatic carbocycles. The smallest absolute Gasteiger partial charge is 0.160 e. The Bertz CT molecular complexity index is 394. The second-order valence-electron chi connectivity index (χ2n) is 6.05. The average molecular weight is 276 g/mol. The van der Waals surface area contributed by atoms with Crippen molar-refractivity contribution in [1.82, 2.24) is 0 Å². The van der Waals surface area contributed by atoms with E-state index in [9.17, 15) is 5.11 Å². The zero-order valence-corrected chi connectivity index (χ0v) is 12.7. The van der Waals surface area contributed by atoms with Crippen molar-refractivity contribution in [1.29, 1.82) is 0 Å². The predicted octanol–water partition coefficient (Wildman–Crippen LogP) is 5.08. The molecule has 0 bridgehead atoms. The Morgan fingerprint density at radius 1 is 1.20 bits per heavy atom. The van der Waals surface area contributed by atoms with Gasteiger partial charge in [-0.15, -0.1) is 0 Å². The van der Waals surface area contributed by atoms with Crippen LogP contribution in [-0.2, 0) is 6.42 Å². The third-order valence-corrected chi connectivity index (χ3v) is 4.34. The van der Waals surface area contributed by atoms with Crippen molar-refractivity contribution in [2.24, 2.45) is 5.92 Å². The first-order valence-electron chi connectivity index (χ1n) is 8.24. The lowest BCUT2D eigenvalue weighted by Gasteiger charge is -2.21. The molecule has 0 radical (unpaired) electrons. The normalized spacial score (nSPS) is 16.2. The summed E-state index contributed by atoms with van der Waals surface area (Å²) >= 11 is 0. The summed E-state index contributed by atoms with van der Waals surface area (Å²) in [5, 5.41) is 10.0. The molecule has 1 N–H and O–H groups in total. The molecule has 0 saturated heterocycles. The van der Waals surface area contributed by atoms with Crippen LogP contribution in [0, 0.1) is 5.92 Å². The molecule has 0 spiro atoms. The van der Waals surface area contributed by atoms with Gasteiger partial charge in [-0.05, 0) is 42.9 Å². The summed E-state index contributed by atoms with van der Waals surface area (Å²) in [5.74, 6) is 1.81. The molecule has 0 aliphatic heterocycles. The highest BCUT2D eigenvalue weighted by atomic mass is 16.5. The number of hydrogen-bond donors (Lipinski definition) is 1. The molecule has 1 saturated carbocycles. The Labute approximate surface area is 123 Å². The molecular formula is C18H28O2. The van der Waals surface area contributed by atoms with Gasteiger partial charge in [-0.2, -0.15) is 0 Å². The van der Waals surface area contributed by atoms with Crippen LogP contribution in [0.25, 0.3) is 0 Å². The molecule has 20 heavy (non-hydrogen) atoms. The van der Waals surface area contributed by atoms with Gasteiger partial charge in [0.25, 0.3) is 0 Å². The lowest BCUT2D eigenvalue weighted by Crippen LogP contribution is -2.07. The number of ether oxygens (including phenoxy) is 1. The first-order valence-corrected chi connectivity index (χ1v) is 8.24. The molecule has 112 valence electrons. The fourth-order valence-electron chi connectivity index (χ4n) is 3.01. The molecule has 0 aromatic heterocycles. The SMILES string of the molecule is CCCCOc1ccc(CCC2CCCCC2)cc1O. The Morgan fingerprint density at radius 2 is 2.00 bits per heavy atom. The quantitative estimate of drug-likeness (QED) is 0.703. The number of rotatable bonds is 7. The summed E-state index contributed by atoms with van der Waals surface area (Å²) < 4.78 is 5.58. The van der Waals surface area contributed by atoms with Gasteiger partial charge in [0.2, 0.25) is 0 Å². The summed E-state index contributed by atoms with van der Waals surface area (Å²) in [5.41, 5.74) is 1.23. The van der Waals surface area contributed by atoms with Crippen LogP contribution in [0.5, 0.6) is 11.5 Å². The molecule has 2 nitrogen and oxygen atoms in total. The molecule has 1 aliphatic rings. The molecule has 1 fully saturated rings. The molecule has 1 aromatic rings. The number of phenols is 1. The number of benzene rings is 1. The lowest BCUT2D eigenvalue weighted by atomic mass is 9.85. The fourth-order valence-corrected chi connectivity index (χ4v) is 3.01. The highest BCUT2D eigenvalue weighted by molar-refractivity contribution is 5.41. The number of unbranched alkanes of at least 4 members (excludes halogenated alkanes) is 1. The number of aryl methyl sites for hydroxylation is 1. The zero-order chi connectivity index (χ0) is 14.2. The summed E-state index contributed by atoms with van der Waals surface area (Å²) in [6, 6.07) is 5.90. The van der Waals surface area contributed by atoms with Crippen molar-refractivity contribution in [3.05, 3.63) is 23.8 Å². The van der Waals surface area contributed by atoms with Gasteiger partial charge in [0.05, 0.1) is 6.61 Å². The fraction of sp³-hybridized carbons (Fsp3) is 0.667. The van der Waals surface area contributed by atoms with E-state index >= 15 is 0 Å². The molecule has 2 heteroatoms. The largest absolute Gasteiger partial charge is 0.504 e. The van der Waals surface area contributed by atoms with Crippen molar-refractivity contribution in [2.75, 3.05) is 6.61 Å². The minimum Gasteiger partial charge on any atom is -0.504 e. The van der Waals surface area contributed by atoms with Crippen LogP contribution in [0.1, 0.15) is 63.9 Å². The monoisotopic (exact) mass is 276 g/mol. The Balaban J connectivity index is 1.81. The van der Waals surface area contributed by atoms with Crippen molar-refractivity contribution in [3.8, 4) is 11.5 Å². The van der Waals surface area contributed by atoms with E-state index in [4.69, 9.17) is 4.74 Å². The number of hydrogen-bond acceptors (Lipinski definition) is 2. The van der Waals surface area contributed by atoms with Crippen LogP contribution in [-0.4, -0.2) is 11.7 Å². The number of aromatic hydroxyl groups is 1. The van der Waals surface area contributed by atoms with Crippen molar-refractivity contribution in [3.63, 3.8) is 0 Å². The van der Waals surface area contributed by atoms with Crippen LogP contribution < -0.4 is 4.74 Å². The van der Waals surface area contributed by atoms with Gasteiger partial charge in [-0.1, -0.05) is 51.5 Å². The molecular weight excluding hydrogens is 248 g/mol. The van der Waals surface area contributed by atoms with Gasteiger partial charge < -0.3 is 9.84 Å². The second kappa shape index (κ2) is 8.18. The second-order valence-corrected chi connectivity index (χ2v) is 6.05. The maximum Gasteiger partial charge on any atom is 0.160 e. The van der Waals surface area contributed by atoms with Crippen molar-refractivity contribution < 1.29 is 9.84 Å². The van der Waals surface area contributed by atoms with E-state index in [0.717, 1.165) is 25.2 Å². The third-order valence-electron chi connectivity index (χ3n) is 4.34. The molecule has 0 atom stereocenters. The highest BCUT2D eigenvalue weighted by Crippen LogP contribution is 2.30. The van der Waals surface area contributed by atoms with Crippen LogP contribution in [0.2, 0.25) is 0 Å². The summed E-state index contributed by atoms with van der Waals surface area (Å²) in [6.45, 7) is 2.82. The summed E-state index contributed by atoms with van der Waals surface area (Å²) in [4.78, 5) is 0. The highest BCUT2D eigenvalue weighted by Gasteiger charge is 2.13. The van der Waals surface area contributed by atoms with Crippen LogP contribution >= 0.6 is 0 Å². The van der Waals surface area contributed by atoms with E-state index < -0.39 is 0 Å². The lowest BCUT2D eigenvalue weighted by molar-refractivity contribution is 0.292. The molecule has 1 aliphatic carbocycles. The van der Waals surface area contributed by atoms with Gasteiger partial charge in [-0.3, -0.25) is 0 Å². The van der Waals surface area contributed by atoms with Gasteiger partial charge in [0, 0.05) is 0 Å². The van der Waals surface area contributed by atoms with Crippen LogP contribution in [0.4, 0.5) is 0 Å². The Hall–Kier alpha value is -1.18. The van der Waals surface area contributed by atoms with Crippen molar-refractivity contribution >= 4 is 0 Å². The molecule has 2 rings (SSSR count). The first kappa shape index (κ1) is 15.2. The predicted molar refractivity (Wildman–Crippen MR) is 83.4 cm³/mol. The van der Waals surface area contributed by atoms with Crippen molar-refractivity contribution in [2.45, 2.75) is 64.7 Å². The van der Waals surface area contributed by atoms with Crippen LogP contribution in [0.15, 0.2) is 18.2 Å². The Kier molecular flexibility index (Phi) is 6.23. The van der Waals surface area contributed by atoms with E-state index in [-0.39, 0.29) is 0 Å². The maximum absolute atomic E-state index is 10.0. The number of phenolic OH excluding ortho intramolecular Hbond substituents is 1. The zero-order valence-electron chi connectivity index (χ0n) is 12.7.